The fraction of sp³-hybridized carbons (Fsp3) is 0.0909. The molecule has 4 nitrogen and oxygen atoms in total. The molecule has 0 N–H and O–H groups in total. The Labute approximate surface area is 151 Å². The summed E-state index contributed by atoms with van der Waals surface area (Å²) in [5, 5.41) is 1.03. The first-order chi connectivity index (χ1) is 12.8. The molecular formula is C22H18N2O2. The van der Waals surface area contributed by atoms with Crippen LogP contribution in [0.2, 0.25) is 0 Å². The number of aromatic nitrogens is 2. The highest BCUT2D eigenvalue weighted by Gasteiger charge is 2.13. The van der Waals surface area contributed by atoms with Crippen molar-refractivity contribution in [3.8, 4) is 11.3 Å². The summed E-state index contributed by atoms with van der Waals surface area (Å²) in [4.78, 5) is 16.5. The Kier molecular flexibility index (Phi) is 4.23. The van der Waals surface area contributed by atoms with Gasteiger partial charge in [-0.2, -0.15) is 0 Å². The zero-order chi connectivity index (χ0) is 17.9. The number of esters is 1. The van der Waals surface area contributed by atoms with E-state index < -0.39 is 0 Å². The number of rotatable bonds is 4. The van der Waals surface area contributed by atoms with Gasteiger partial charge in [0.05, 0.1) is 23.9 Å². The van der Waals surface area contributed by atoms with Crippen molar-refractivity contribution in [1.82, 2.24) is 9.55 Å². The summed E-state index contributed by atoms with van der Waals surface area (Å²) < 4.78 is 7.01. The number of fused-ring (bicyclic) bond motifs is 1. The molecular weight excluding hydrogens is 324 g/mol. The van der Waals surface area contributed by atoms with Crippen LogP contribution in [0.4, 0.5) is 0 Å². The number of carbonyl (C=O) groups is 1. The molecule has 2 aromatic heterocycles. The highest BCUT2D eigenvalue weighted by atomic mass is 16.5. The molecule has 0 saturated carbocycles. The SMILES string of the molecule is COC(=O)c1cccc2ccn(Cc3ccc(-c4ccccn4)cc3)c12. The van der Waals surface area contributed by atoms with Crippen molar-refractivity contribution in [2.45, 2.75) is 6.54 Å². The predicted octanol–water partition coefficient (Wildman–Crippen LogP) is 4.54. The second-order valence-corrected chi connectivity index (χ2v) is 6.09. The number of carbonyl (C=O) groups excluding carboxylic acids is 1. The zero-order valence-electron chi connectivity index (χ0n) is 14.4. The molecule has 2 aromatic carbocycles. The molecule has 0 bridgehead atoms. The maximum atomic E-state index is 12.1. The highest BCUT2D eigenvalue weighted by Crippen LogP contribution is 2.23. The Morgan fingerprint density at radius 1 is 1.00 bits per heavy atom. The van der Waals surface area contributed by atoms with Crippen molar-refractivity contribution in [3.63, 3.8) is 0 Å². The van der Waals surface area contributed by atoms with E-state index in [1.54, 1.807) is 12.3 Å². The minimum Gasteiger partial charge on any atom is -0.465 e. The topological polar surface area (TPSA) is 44.1 Å². The van der Waals surface area contributed by atoms with Gasteiger partial charge in [-0.05, 0) is 29.8 Å². The lowest BCUT2D eigenvalue weighted by Gasteiger charge is -2.10. The molecule has 4 rings (SSSR count). The molecule has 0 aliphatic heterocycles. The summed E-state index contributed by atoms with van der Waals surface area (Å²) in [5.41, 5.74) is 4.68. The maximum absolute atomic E-state index is 12.1. The van der Waals surface area contributed by atoms with Gasteiger partial charge in [0.1, 0.15) is 0 Å². The van der Waals surface area contributed by atoms with E-state index in [9.17, 15) is 4.79 Å². The summed E-state index contributed by atoms with van der Waals surface area (Å²) >= 11 is 0. The van der Waals surface area contributed by atoms with Crippen molar-refractivity contribution in [2.24, 2.45) is 0 Å². The third-order valence-corrected chi connectivity index (χ3v) is 4.46. The van der Waals surface area contributed by atoms with Gasteiger partial charge in [-0.1, -0.05) is 42.5 Å². The number of methoxy groups -OCH3 is 1. The van der Waals surface area contributed by atoms with Gasteiger partial charge < -0.3 is 9.30 Å². The van der Waals surface area contributed by atoms with Crippen LogP contribution in [0.1, 0.15) is 15.9 Å². The molecule has 128 valence electrons. The molecule has 0 aliphatic rings. The molecule has 4 aromatic rings. The molecule has 0 amide bonds. The first kappa shape index (κ1) is 16.1. The van der Waals surface area contributed by atoms with Crippen molar-refractivity contribution >= 4 is 16.9 Å². The molecule has 4 heteroatoms. The fourth-order valence-electron chi connectivity index (χ4n) is 3.18. The summed E-state index contributed by atoms with van der Waals surface area (Å²) in [6, 6.07) is 21.9. The van der Waals surface area contributed by atoms with Gasteiger partial charge in [0, 0.05) is 29.9 Å². The van der Waals surface area contributed by atoms with E-state index >= 15 is 0 Å². The molecule has 0 saturated heterocycles. The van der Waals surface area contributed by atoms with Crippen molar-refractivity contribution in [2.75, 3.05) is 7.11 Å². The Balaban J connectivity index is 1.66. The molecule has 2 heterocycles. The second-order valence-electron chi connectivity index (χ2n) is 6.09. The molecule has 0 unspecified atom stereocenters. The Hall–Kier alpha value is -3.40. The van der Waals surface area contributed by atoms with Gasteiger partial charge in [0.2, 0.25) is 0 Å². The van der Waals surface area contributed by atoms with Gasteiger partial charge in [0.25, 0.3) is 0 Å². The molecule has 0 atom stereocenters. The minimum atomic E-state index is -0.318. The van der Waals surface area contributed by atoms with Gasteiger partial charge >= 0.3 is 5.97 Å². The molecule has 0 radical (unpaired) electrons. The Bertz CT molecular complexity index is 1050. The van der Waals surface area contributed by atoms with Gasteiger partial charge in [-0.15, -0.1) is 0 Å². The highest BCUT2D eigenvalue weighted by molar-refractivity contribution is 6.03. The minimum absolute atomic E-state index is 0.318. The van der Waals surface area contributed by atoms with Crippen molar-refractivity contribution < 1.29 is 9.53 Å². The monoisotopic (exact) mass is 342 g/mol. The first-order valence-corrected chi connectivity index (χ1v) is 8.43. The largest absolute Gasteiger partial charge is 0.465 e. The Morgan fingerprint density at radius 2 is 1.85 bits per heavy atom. The number of para-hydroxylation sites is 1. The zero-order valence-corrected chi connectivity index (χ0v) is 14.4. The van der Waals surface area contributed by atoms with Crippen LogP contribution in [-0.2, 0) is 11.3 Å². The van der Waals surface area contributed by atoms with Crippen LogP contribution >= 0.6 is 0 Å². The van der Waals surface area contributed by atoms with Crippen LogP contribution in [0.5, 0.6) is 0 Å². The normalized spacial score (nSPS) is 10.8. The quantitative estimate of drug-likeness (QED) is 0.512. The first-order valence-electron chi connectivity index (χ1n) is 8.43. The lowest BCUT2D eigenvalue weighted by molar-refractivity contribution is 0.0602. The number of hydrogen-bond donors (Lipinski definition) is 0. The van der Waals surface area contributed by atoms with Crippen LogP contribution in [0.25, 0.3) is 22.2 Å². The standard InChI is InChI=1S/C22H18N2O2/c1-26-22(25)19-6-4-5-18-12-14-24(21(18)19)15-16-8-10-17(11-9-16)20-7-2-3-13-23-20/h2-14H,15H2,1H3. The van der Waals surface area contributed by atoms with E-state index in [0.29, 0.717) is 12.1 Å². The lowest BCUT2D eigenvalue weighted by Crippen LogP contribution is -2.06. The number of pyridine rings is 1. The summed E-state index contributed by atoms with van der Waals surface area (Å²) in [6.07, 6.45) is 3.80. The number of hydrogen-bond acceptors (Lipinski definition) is 3. The number of nitrogens with zero attached hydrogens (tertiary/aromatic N) is 2. The molecule has 26 heavy (non-hydrogen) atoms. The van der Waals surface area contributed by atoms with E-state index in [-0.39, 0.29) is 5.97 Å². The van der Waals surface area contributed by atoms with E-state index in [4.69, 9.17) is 4.74 Å². The molecule has 0 spiro atoms. The van der Waals surface area contributed by atoms with Crippen LogP contribution in [0, 0.1) is 0 Å². The van der Waals surface area contributed by atoms with Crippen LogP contribution in [-0.4, -0.2) is 22.6 Å². The van der Waals surface area contributed by atoms with E-state index in [2.05, 4.69) is 33.8 Å². The van der Waals surface area contributed by atoms with Gasteiger partial charge in [-0.25, -0.2) is 4.79 Å². The van der Waals surface area contributed by atoms with Gasteiger partial charge in [0.15, 0.2) is 0 Å². The summed E-state index contributed by atoms with van der Waals surface area (Å²) in [7, 11) is 1.41. The average molecular weight is 342 g/mol. The van der Waals surface area contributed by atoms with E-state index in [0.717, 1.165) is 27.7 Å². The van der Waals surface area contributed by atoms with E-state index in [1.165, 1.54) is 7.11 Å². The van der Waals surface area contributed by atoms with E-state index in [1.807, 2.05) is 42.6 Å². The third kappa shape index (κ3) is 2.97. The third-order valence-electron chi connectivity index (χ3n) is 4.46. The molecule has 0 fully saturated rings. The maximum Gasteiger partial charge on any atom is 0.340 e. The van der Waals surface area contributed by atoms with Crippen LogP contribution in [0.15, 0.2) is 79.1 Å². The average Bonchev–Trinajstić information content (AvgIpc) is 3.11. The number of ether oxygens (including phenoxy) is 1. The number of benzene rings is 2. The summed E-state index contributed by atoms with van der Waals surface area (Å²) in [6.45, 7) is 0.681. The smallest absolute Gasteiger partial charge is 0.340 e. The van der Waals surface area contributed by atoms with Crippen molar-refractivity contribution in [1.29, 1.82) is 0 Å². The lowest BCUT2D eigenvalue weighted by atomic mass is 10.1. The van der Waals surface area contributed by atoms with Crippen LogP contribution in [0.3, 0.4) is 0 Å². The van der Waals surface area contributed by atoms with Crippen LogP contribution < -0.4 is 0 Å². The Morgan fingerprint density at radius 3 is 2.58 bits per heavy atom. The summed E-state index contributed by atoms with van der Waals surface area (Å²) in [5.74, 6) is -0.318. The van der Waals surface area contributed by atoms with Crippen molar-refractivity contribution in [3.05, 3.63) is 90.3 Å². The fourth-order valence-corrected chi connectivity index (χ4v) is 3.18. The molecule has 0 aliphatic carbocycles. The predicted molar refractivity (Wildman–Crippen MR) is 102 cm³/mol. The second kappa shape index (κ2) is 6.84. The van der Waals surface area contributed by atoms with Gasteiger partial charge in [-0.3, -0.25) is 4.98 Å².